The summed E-state index contributed by atoms with van der Waals surface area (Å²) in [6.45, 7) is 2.31. The molecule has 0 aliphatic heterocycles. The fourth-order valence-corrected chi connectivity index (χ4v) is 5.45. The molecule has 190 valence electrons. The highest BCUT2D eigenvalue weighted by atomic mass is 19.2. The smallest absolute Gasteiger partial charge is 0.341 e. The minimum atomic E-state index is -1.15. The Morgan fingerprint density at radius 3 is 2.03 bits per heavy atom. The Kier molecular flexibility index (Phi) is 8.37. The second-order valence-corrected chi connectivity index (χ2v) is 9.53. The molecule has 0 unspecified atom stereocenters. The Balaban J connectivity index is 1.34. The second-order valence-electron chi connectivity index (χ2n) is 9.53. The maximum atomic E-state index is 14.9. The third-order valence-corrected chi connectivity index (χ3v) is 7.45. The molecule has 2 saturated carbocycles. The molecule has 35 heavy (non-hydrogen) atoms. The molecular formula is C28H33F3O4. The van der Waals surface area contributed by atoms with Gasteiger partial charge in [0.25, 0.3) is 0 Å². The average Bonchev–Trinajstić information content (AvgIpc) is 2.87. The van der Waals surface area contributed by atoms with Crippen LogP contribution in [0.2, 0.25) is 0 Å². The Morgan fingerprint density at radius 1 is 0.829 bits per heavy atom. The van der Waals surface area contributed by atoms with Gasteiger partial charge < -0.3 is 14.2 Å². The predicted octanol–water partition coefficient (Wildman–Crippen LogP) is 7.06. The summed E-state index contributed by atoms with van der Waals surface area (Å²) in [5.74, 6) is -2.83. The summed E-state index contributed by atoms with van der Waals surface area (Å²) in [5, 5.41) is 0. The van der Waals surface area contributed by atoms with Crippen LogP contribution in [-0.4, -0.2) is 31.9 Å². The highest BCUT2D eigenvalue weighted by molar-refractivity contribution is 5.90. The molecule has 7 heteroatoms. The van der Waals surface area contributed by atoms with Gasteiger partial charge in [0.05, 0.1) is 18.3 Å². The van der Waals surface area contributed by atoms with Gasteiger partial charge in [-0.25, -0.2) is 18.0 Å². The van der Waals surface area contributed by atoms with Crippen LogP contribution in [0.1, 0.15) is 91.6 Å². The van der Waals surface area contributed by atoms with Crippen LogP contribution in [0, 0.1) is 17.5 Å². The van der Waals surface area contributed by atoms with Crippen LogP contribution in [0.15, 0.2) is 30.3 Å². The van der Waals surface area contributed by atoms with Gasteiger partial charge in [-0.05, 0) is 93.4 Å². The fourth-order valence-electron chi connectivity index (χ4n) is 5.45. The number of hydrogen-bond acceptors (Lipinski definition) is 4. The average molecular weight is 491 g/mol. The van der Waals surface area contributed by atoms with Gasteiger partial charge in [0.2, 0.25) is 0 Å². The van der Waals surface area contributed by atoms with Crippen LogP contribution < -0.4 is 4.74 Å². The van der Waals surface area contributed by atoms with Crippen LogP contribution in [-0.2, 0) is 9.47 Å². The van der Waals surface area contributed by atoms with Crippen molar-refractivity contribution in [2.24, 2.45) is 0 Å². The van der Waals surface area contributed by atoms with E-state index in [1.54, 1.807) is 19.2 Å². The van der Waals surface area contributed by atoms with E-state index in [1.165, 1.54) is 18.2 Å². The van der Waals surface area contributed by atoms with E-state index in [1.807, 2.05) is 6.92 Å². The maximum Gasteiger partial charge on any atom is 0.341 e. The first-order valence-electron chi connectivity index (χ1n) is 12.5. The van der Waals surface area contributed by atoms with Crippen molar-refractivity contribution >= 4 is 5.97 Å². The largest absolute Gasteiger partial charge is 0.494 e. The second kappa shape index (κ2) is 11.5. The summed E-state index contributed by atoms with van der Waals surface area (Å²) in [6.07, 6.45) is 5.15. The Hall–Kier alpha value is -2.54. The van der Waals surface area contributed by atoms with E-state index in [0.717, 1.165) is 25.7 Å². The van der Waals surface area contributed by atoms with Gasteiger partial charge in [0.15, 0.2) is 11.6 Å². The zero-order valence-electron chi connectivity index (χ0n) is 20.3. The molecule has 0 N–H and O–H groups in total. The van der Waals surface area contributed by atoms with E-state index < -0.39 is 23.7 Å². The molecule has 4 rings (SSSR count). The number of rotatable bonds is 7. The summed E-state index contributed by atoms with van der Waals surface area (Å²) in [6, 6.07) is 7.75. The van der Waals surface area contributed by atoms with Crippen molar-refractivity contribution in [1.82, 2.24) is 0 Å². The van der Waals surface area contributed by atoms with E-state index in [2.05, 4.69) is 0 Å². The SMILES string of the molecule is CCOc1ccc(C2CCC(OC(=O)c3ccc(C4CCC(OC)CC4)c(F)c3F)CC2)c(F)c1. The normalized spacial score (nSPS) is 24.7. The van der Waals surface area contributed by atoms with E-state index in [9.17, 15) is 18.0 Å². The van der Waals surface area contributed by atoms with Crippen molar-refractivity contribution in [3.63, 3.8) is 0 Å². The summed E-state index contributed by atoms with van der Waals surface area (Å²) < 4.78 is 60.4. The lowest BCUT2D eigenvalue weighted by molar-refractivity contribution is 0.0188. The lowest BCUT2D eigenvalue weighted by atomic mass is 9.82. The first-order chi connectivity index (χ1) is 16.9. The number of methoxy groups -OCH3 is 1. The molecule has 0 aromatic heterocycles. The van der Waals surface area contributed by atoms with E-state index in [-0.39, 0.29) is 29.3 Å². The predicted molar refractivity (Wildman–Crippen MR) is 126 cm³/mol. The first kappa shape index (κ1) is 25.5. The van der Waals surface area contributed by atoms with Crippen LogP contribution in [0.4, 0.5) is 13.2 Å². The van der Waals surface area contributed by atoms with Crippen LogP contribution in [0.3, 0.4) is 0 Å². The monoisotopic (exact) mass is 490 g/mol. The van der Waals surface area contributed by atoms with Crippen molar-refractivity contribution in [1.29, 1.82) is 0 Å². The number of esters is 1. The topological polar surface area (TPSA) is 44.8 Å². The number of carbonyl (C=O) groups excluding carboxylic acids is 1. The fraction of sp³-hybridized carbons (Fsp3) is 0.536. The molecule has 0 bridgehead atoms. The highest BCUT2D eigenvalue weighted by Gasteiger charge is 2.30. The van der Waals surface area contributed by atoms with Gasteiger partial charge in [-0.15, -0.1) is 0 Å². The van der Waals surface area contributed by atoms with Crippen LogP contribution >= 0.6 is 0 Å². The van der Waals surface area contributed by atoms with Crippen LogP contribution in [0.25, 0.3) is 0 Å². The minimum absolute atomic E-state index is 0.0160. The number of ether oxygens (including phenoxy) is 3. The van der Waals surface area contributed by atoms with Gasteiger partial charge in [-0.1, -0.05) is 12.1 Å². The Bertz CT molecular complexity index is 1030. The highest BCUT2D eigenvalue weighted by Crippen LogP contribution is 2.38. The molecule has 0 atom stereocenters. The van der Waals surface area contributed by atoms with Gasteiger partial charge in [0, 0.05) is 13.2 Å². The van der Waals surface area contributed by atoms with E-state index >= 15 is 0 Å². The third-order valence-electron chi connectivity index (χ3n) is 7.45. The molecule has 2 fully saturated rings. The molecule has 4 nitrogen and oxygen atoms in total. The van der Waals surface area contributed by atoms with Crippen molar-refractivity contribution in [2.45, 2.75) is 82.3 Å². The van der Waals surface area contributed by atoms with Gasteiger partial charge in [-0.3, -0.25) is 0 Å². The van der Waals surface area contributed by atoms with Gasteiger partial charge >= 0.3 is 5.97 Å². The summed E-state index contributed by atoms with van der Waals surface area (Å²) in [7, 11) is 1.66. The number of halogens is 3. The lowest BCUT2D eigenvalue weighted by Crippen LogP contribution is -2.25. The van der Waals surface area contributed by atoms with Crippen molar-refractivity contribution in [2.75, 3.05) is 13.7 Å². The van der Waals surface area contributed by atoms with Crippen molar-refractivity contribution < 1.29 is 32.2 Å². The molecule has 0 amide bonds. The number of hydrogen-bond donors (Lipinski definition) is 0. The van der Waals surface area contributed by atoms with Crippen molar-refractivity contribution in [3.8, 4) is 5.75 Å². The maximum absolute atomic E-state index is 14.9. The van der Waals surface area contributed by atoms with E-state index in [4.69, 9.17) is 14.2 Å². The number of carbonyl (C=O) groups is 1. The molecular weight excluding hydrogens is 457 g/mol. The first-order valence-corrected chi connectivity index (χ1v) is 12.5. The molecule has 0 spiro atoms. The summed E-state index contributed by atoms with van der Waals surface area (Å²) >= 11 is 0. The van der Waals surface area contributed by atoms with Gasteiger partial charge in [-0.2, -0.15) is 0 Å². The molecule has 2 aliphatic carbocycles. The summed E-state index contributed by atoms with van der Waals surface area (Å²) in [4.78, 5) is 12.6. The standard InChI is InChI=1S/C28H33F3O4/c1-3-34-21-12-13-22(25(29)16-21)17-6-10-20(11-7-17)35-28(32)24-15-14-23(26(30)27(24)31)18-4-8-19(33-2)9-5-18/h12-20H,3-11H2,1-2H3. The Morgan fingerprint density at radius 2 is 1.43 bits per heavy atom. The van der Waals surface area contributed by atoms with Crippen LogP contribution in [0.5, 0.6) is 5.75 Å². The lowest BCUT2D eigenvalue weighted by Gasteiger charge is -2.29. The molecule has 0 heterocycles. The molecule has 0 saturated heterocycles. The van der Waals surface area contributed by atoms with Gasteiger partial charge in [0.1, 0.15) is 17.7 Å². The molecule has 2 aliphatic rings. The third kappa shape index (κ3) is 5.83. The zero-order valence-corrected chi connectivity index (χ0v) is 20.3. The van der Waals surface area contributed by atoms with E-state index in [0.29, 0.717) is 49.2 Å². The Labute approximate surface area is 204 Å². The minimum Gasteiger partial charge on any atom is -0.494 e. The number of benzene rings is 2. The molecule has 2 aromatic rings. The van der Waals surface area contributed by atoms with Crippen molar-refractivity contribution in [3.05, 3.63) is 64.5 Å². The quantitative estimate of drug-likeness (QED) is 0.390. The molecule has 2 aromatic carbocycles. The molecule has 0 radical (unpaired) electrons. The summed E-state index contributed by atoms with van der Waals surface area (Å²) in [5.41, 5.74) is 0.560. The zero-order chi connectivity index (χ0) is 24.9.